The van der Waals surface area contributed by atoms with E-state index in [1.165, 1.54) is 24.3 Å². The van der Waals surface area contributed by atoms with Crippen LogP contribution in [0.25, 0.3) is 11.0 Å². The molecule has 2 heterocycles. The average Bonchev–Trinajstić information content (AvgIpc) is 3.61. The van der Waals surface area contributed by atoms with E-state index in [1.807, 2.05) is 14.1 Å². The topological polar surface area (TPSA) is 111 Å². The van der Waals surface area contributed by atoms with Crippen LogP contribution in [0.4, 0.5) is 30.5 Å². The lowest BCUT2D eigenvalue weighted by Gasteiger charge is -2.20. The number of imidazole rings is 1. The van der Waals surface area contributed by atoms with Crippen molar-refractivity contribution in [3.8, 4) is 0 Å². The van der Waals surface area contributed by atoms with E-state index < -0.39 is 29.1 Å². The van der Waals surface area contributed by atoms with Crippen molar-refractivity contribution < 1.29 is 22.8 Å². The van der Waals surface area contributed by atoms with Gasteiger partial charge in [0, 0.05) is 29.8 Å². The van der Waals surface area contributed by atoms with Gasteiger partial charge in [-0.3, -0.25) is 9.59 Å². The van der Waals surface area contributed by atoms with E-state index in [2.05, 4.69) is 20.1 Å². The Labute approximate surface area is 245 Å². The number of aromatic nitrogens is 2. The zero-order valence-electron chi connectivity index (χ0n) is 23.1. The van der Waals surface area contributed by atoms with E-state index in [9.17, 15) is 22.8 Å². The highest BCUT2D eigenvalue weighted by Gasteiger charge is 2.36. The maximum Gasteiger partial charge on any atom is 0.417 e. The van der Waals surface area contributed by atoms with E-state index in [0.717, 1.165) is 25.1 Å². The molecule has 0 bridgehead atoms. The minimum Gasteiger partial charge on any atom is -0.341 e. The molecule has 1 fully saturated rings. The van der Waals surface area contributed by atoms with Crippen LogP contribution in [-0.2, 0) is 6.18 Å². The lowest BCUT2D eigenvalue weighted by Crippen LogP contribution is -2.38. The van der Waals surface area contributed by atoms with Crippen molar-refractivity contribution in [1.82, 2.24) is 14.9 Å². The number of fused-ring (bicyclic) bond motifs is 1. The van der Waals surface area contributed by atoms with Gasteiger partial charge in [-0.25, -0.2) is 15.8 Å². The summed E-state index contributed by atoms with van der Waals surface area (Å²) in [5.41, 5.74) is 0.149. The number of nitrogens with zero attached hydrogens (tertiary/aromatic N) is 4. The highest BCUT2D eigenvalue weighted by atomic mass is 35.5. The van der Waals surface area contributed by atoms with Gasteiger partial charge in [0.25, 0.3) is 11.8 Å². The van der Waals surface area contributed by atoms with Crippen LogP contribution < -0.4 is 21.1 Å². The Hall–Kier alpha value is -4.13. The van der Waals surface area contributed by atoms with Crippen LogP contribution in [-0.4, -0.2) is 59.9 Å². The lowest BCUT2D eigenvalue weighted by molar-refractivity contribution is -0.137. The molecule has 2 amide bonds. The molecular formula is C29H29ClF3N7O2. The van der Waals surface area contributed by atoms with E-state index in [0.29, 0.717) is 50.9 Å². The number of amides is 2. The minimum atomic E-state index is -4.77. The molecule has 5 rings (SSSR count). The second kappa shape index (κ2) is 11.3. The Kier molecular flexibility index (Phi) is 7.88. The molecule has 0 spiro atoms. The zero-order valence-corrected chi connectivity index (χ0v) is 23.8. The zero-order chi connectivity index (χ0) is 30.3. The number of aromatic amines is 1. The number of halogens is 4. The number of hydrogen-bond acceptors (Lipinski definition) is 6. The van der Waals surface area contributed by atoms with Gasteiger partial charge in [-0.15, -0.1) is 0 Å². The molecule has 1 aliphatic rings. The van der Waals surface area contributed by atoms with Gasteiger partial charge in [0.2, 0.25) is 5.95 Å². The maximum atomic E-state index is 13.7. The quantitative estimate of drug-likeness (QED) is 0.154. The van der Waals surface area contributed by atoms with Gasteiger partial charge in [0.15, 0.2) is 0 Å². The van der Waals surface area contributed by atoms with Gasteiger partial charge in [-0.05, 0) is 69.4 Å². The van der Waals surface area contributed by atoms with Crippen molar-refractivity contribution in [2.45, 2.75) is 25.6 Å². The minimum absolute atomic E-state index is 0.000216. The normalized spacial score (nSPS) is 15.5. The molecule has 1 aromatic heterocycles. The highest BCUT2D eigenvalue weighted by Crippen LogP contribution is 2.34. The number of nitrogens with two attached hydrogens (primary N) is 1. The fraction of sp³-hybridized carbons (Fsp3) is 0.276. The number of likely N-dealkylation sites (N-methyl/N-ethyl adjacent to an activating group) is 1. The Bertz CT molecular complexity index is 1670. The van der Waals surface area contributed by atoms with Crippen LogP contribution in [0.15, 0.2) is 54.6 Å². The molecule has 1 aliphatic heterocycles. The van der Waals surface area contributed by atoms with Crippen LogP contribution in [0.5, 0.6) is 0 Å². The molecule has 42 heavy (non-hydrogen) atoms. The number of alkyl halides is 3. The molecule has 9 nitrogen and oxygen atoms in total. The van der Waals surface area contributed by atoms with Gasteiger partial charge in [0.1, 0.15) is 5.52 Å². The number of hydrogen-bond donors (Lipinski definition) is 3. The number of rotatable bonds is 6. The second-order valence-corrected chi connectivity index (χ2v) is 10.8. The third kappa shape index (κ3) is 5.65. The maximum absolute atomic E-state index is 13.7. The Morgan fingerprint density at radius 2 is 1.86 bits per heavy atom. The summed E-state index contributed by atoms with van der Waals surface area (Å²) in [6.45, 7) is 3.19. The second-order valence-electron chi connectivity index (χ2n) is 10.4. The first-order valence-corrected chi connectivity index (χ1v) is 13.5. The monoisotopic (exact) mass is 599 g/mol. The van der Waals surface area contributed by atoms with Crippen LogP contribution in [0.2, 0.25) is 5.02 Å². The van der Waals surface area contributed by atoms with Gasteiger partial charge < -0.3 is 20.1 Å². The van der Waals surface area contributed by atoms with Crippen molar-refractivity contribution in [2.24, 2.45) is 5.84 Å². The van der Waals surface area contributed by atoms with E-state index in [-0.39, 0.29) is 11.3 Å². The first kappa shape index (κ1) is 29.4. The van der Waals surface area contributed by atoms with E-state index in [1.54, 1.807) is 25.1 Å². The van der Waals surface area contributed by atoms with E-state index in [4.69, 9.17) is 22.4 Å². The number of anilines is 3. The third-order valence-corrected chi connectivity index (χ3v) is 7.88. The summed E-state index contributed by atoms with van der Waals surface area (Å²) in [7, 11) is 4.01. The summed E-state index contributed by atoms with van der Waals surface area (Å²) in [5, 5.41) is 3.89. The van der Waals surface area contributed by atoms with E-state index >= 15 is 0 Å². The molecule has 3 aromatic carbocycles. The standard InChI is InChI=1S/C29H29ClF3N7O2/c1-16-22(30)9-6-10-23(16)35-26(41)20-13-18(40(34)27(42)19-7-4-5-8-21(19)29(31,32)33)14-24-25(20)37-28(36-24)39-12-11-17(15-39)38(2)3/h4-10,13-14,17H,11-12,15,34H2,1-3H3,(H,35,41)(H,36,37)/t17-/m0/s1. The molecule has 0 unspecified atom stereocenters. The van der Waals surface area contributed by atoms with Gasteiger partial charge in [0.05, 0.1) is 27.9 Å². The largest absolute Gasteiger partial charge is 0.417 e. The fourth-order valence-corrected chi connectivity index (χ4v) is 5.18. The average molecular weight is 600 g/mol. The summed E-state index contributed by atoms with van der Waals surface area (Å²) < 4.78 is 41.0. The van der Waals surface area contributed by atoms with Gasteiger partial charge in [-0.1, -0.05) is 29.8 Å². The van der Waals surface area contributed by atoms with Crippen LogP contribution in [0, 0.1) is 6.92 Å². The summed E-state index contributed by atoms with van der Waals surface area (Å²) >= 11 is 6.23. The van der Waals surface area contributed by atoms with Gasteiger partial charge in [-0.2, -0.15) is 13.2 Å². The van der Waals surface area contributed by atoms with Crippen LogP contribution >= 0.6 is 11.6 Å². The number of carbonyl (C=O) groups is 2. The lowest BCUT2D eigenvalue weighted by atomic mass is 10.1. The molecule has 4 N–H and O–H groups in total. The van der Waals surface area contributed by atoms with Crippen molar-refractivity contribution >= 4 is 51.8 Å². The predicted octanol–water partition coefficient (Wildman–Crippen LogP) is 5.46. The number of hydrazine groups is 1. The Morgan fingerprint density at radius 1 is 1.12 bits per heavy atom. The third-order valence-electron chi connectivity index (χ3n) is 7.47. The summed E-state index contributed by atoms with van der Waals surface area (Å²) in [5.74, 6) is 5.01. The number of benzene rings is 3. The molecule has 220 valence electrons. The van der Waals surface area contributed by atoms with Crippen molar-refractivity contribution in [3.63, 3.8) is 0 Å². The van der Waals surface area contributed by atoms with Crippen LogP contribution in [0.1, 0.15) is 38.3 Å². The molecule has 13 heteroatoms. The predicted molar refractivity (Wildman–Crippen MR) is 157 cm³/mol. The van der Waals surface area contributed by atoms with Crippen molar-refractivity contribution in [3.05, 3.63) is 81.9 Å². The first-order chi connectivity index (χ1) is 19.8. The molecule has 4 aromatic rings. The van der Waals surface area contributed by atoms with Crippen LogP contribution in [0.3, 0.4) is 0 Å². The molecule has 0 radical (unpaired) electrons. The first-order valence-electron chi connectivity index (χ1n) is 13.1. The Balaban J connectivity index is 1.58. The number of carbonyl (C=O) groups excluding carboxylic acids is 2. The summed E-state index contributed by atoms with van der Waals surface area (Å²) in [6.07, 6.45) is -3.85. The SMILES string of the molecule is Cc1c(Cl)cccc1NC(=O)c1cc(N(N)C(=O)c2ccccc2C(F)(F)F)cc2[nH]c(N3CC[C@H](N(C)C)C3)nc12. The highest BCUT2D eigenvalue weighted by molar-refractivity contribution is 6.32. The Morgan fingerprint density at radius 3 is 2.55 bits per heavy atom. The summed E-state index contributed by atoms with van der Waals surface area (Å²) in [6, 6.07) is 12.6. The smallest absolute Gasteiger partial charge is 0.341 e. The van der Waals surface area contributed by atoms with Crippen molar-refractivity contribution in [2.75, 3.05) is 42.4 Å². The molecule has 0 aliphatic carbocycles. The number of H-pyrrole nitrogens is 1. The molecule has 1 atom stereocenters. The summed E-state index contributed by atoms with van der Waals surface area (Å²) in [4.78, 5) is 39.0. The fourth-order valence-electron chi connectivity index (χ4n) is 5.00. The molecule has 1 saturated heterocycles. The van der Waals surface area contributed by atoms with Gasteiger partial charge >= 0.3 is 6.18 Å². The number of nitrogens with one attached hydrogen (secondary N) is 2. The molecular weight excluding hydrogens is 571 g/mol. The molecule has 0 saturated carbocycles. The van der Waals surface area contributed by atoms with Crippen molar-refractivity contribution in [1.29, 1.82) is 0 Å².